The number of rotatable bonds is 1. The van der Waals surface area contributed by atoms with Crippen LogP contribution in [-0.2, 0) is 32.5 Å². The van der Waals surface area contributed by atoms with Gasteiger partial charge in [0.25, 0.3) is 0 Å². The molecule has 2 rings (SSSR count). The molecule has 0 aliphatic heterocycles. The van der Waals surface area contributed by atoms with E-state index in [1.807, 2.05) is 0 Å². The number of hydrogen-bond acceptors (Lipinski definition) is 3. The van der Waals surface area contributed by atoms with Gasteiger partial charge in [-0.3, -0.25) is 0 Å². The normalized spacial score (nSPS) is 11.0. The van der Waals surface area contributed by atoms with Crippen LogP contribution in [0, 0.1) is 0 Å². The Morgan fingerprint density at radius 2 is 1.53 bits per heavy atom. The van der Waals surface area contributed by atoms with Crippen molar-refractivity contribution >= 4 is 20.9 Å². The number of benzene rings is 2. The molecule has 0 amide bonds. The summed E-state index contributed by atoms with van der Waals surface area (Å²) in [5.41, 5.74) is 0. The second-order valence-electron chi connectivity index (χ2n) is 2.93. The topological polar surface area (TPSA) is 57.2 Å². The molecule has 0 bridgehead atoms. The Bertz CT molecular complexity index is 573. The first kappa shape index (κ1) is 12.4. The Morgan fingerprint density at radius 3 is 2.20 bits per heavy atom. The van der Waals surface area contributed by atoms with E-state index in [1.54, 1.807) is 36.4 Å². The Morgan fingerprint density at radius 1 is 0.933 bits per heavy atom. The standard InChI is InChI=1S/C10H8O3S.Ag/c11-14(12,13)10-7-3-5-8-4-1-2-6-9(8)10;/h1-7H,(H,11,12,13);/q;+1/p-1. The summed E-state index contributed by atoms with van der Waals surface area (Å²) in [6, 6.07) is 11.5. The van der Waals surface area contributed by atoms with Crippen LogP contribution in [0.25, 0.3) is 10.8 Å². The molecule has 0 unspecified atom stereocenters. The van der Waals surface area contributed by atoms with Gasteiger partial charge in [0.1, 0.15) is 10.1 Å². The van der Waals surface area contributed by atoms with Gasteiger partial charge in [-0.2, -0.15) is 0 Å². The molecule has 15 heavy (non-hydrogen) atoms. The first-order valence-electron chi connectivity index (χ1n) is 4.03. The molecule has 82 valence electrons. The molecule has 0 aromatic heterocycles. The fraction of sp³-hybridized carbons (Fsp3) is 0. The van der Waals surface area contributed by atoms with Gasteiger partial charge in [0.05, 0.1) is 4.90 Å². The SMILES string of the molecule is O=S(=O)([O-])c1cccc2ccccc12.[Ag+]. The predicted octanol–water partition coefficient (Wildman–Crippen LogP) is 1.74. The van der Waals surface area contributed by atoms with Crippen molar-refractivity contribution in [2.75, 3.05) is 0 Å². The van der Waals surface area contributed by atoms with Crippen LogP contribution in [0.1, 0.15) is 0 Å². The molecule has 0 saturated heterocycles. The molecular formula is C10H7AgO3S. The van der Waals surface area contributed by atoms with Crippen LogP contribution in [0.15, 0.2) is 47.4 Å². The number of fused-ring (bicyclic) bond motifs is 1. The van der Waals surface area contributed by atoms with Crippen molar-refractivity contribution in [3.8, 4) is 0 Å². The summed E-state index contributed by atoms with van der Waals surface area (Å²) in [4.78, 5) is -0.157. The van der Waals surface area contributed by atoms with E-state index >= 15 is 0 Å². The van der Waals surface area contributed by atoms with E-state index in [1.165, 1.54) is 6.07 Å². The van der Waals surface area contributed by atoms with Gasteiger partial charge in [0.15, 0.2) is 0 Å². The molecule has 0 spiro atoms. The van der Waals surface area contributed by atoms with Gasteiger partial charge in [0.2, 0.25) is 0 Å². The third-order valence-corrected chi connectivity index (χ3v) is 2.91. The number of hydrogen-bond donors (Lipinski definition) is 0. The van der Waals surface area contributed by atoms with E-state index in [2.05, 4.69) is 0 Å². The zero-order chi connectivity index (χ0) is 10.2. The Hall–Kier alpha value is -0.650. The quantitative estimate of drug-likeness (QED) is 0.595. The first-order valence-corrected chi connectivity index (χ1v) is 5.43. The van der Waals surface area contributed by atoms with Gasteiger partial charge in [-0.25, -0.2) is 8.42 Å². The van der Waals surface area contributed by atoms with Crippen LogP contribution < -0.4 is 0 Å². The third kappa shape index (κ3) is 2.48. The zero-order valence-corrected chi connectivity index (χ0v) is 9.77. The van der Waals surface area contributed by atoms with Gasteiger partial charge in [-0.1, -0.05) is 36.4 Å². The maximum absolute atomic E-state index is 10.9. The summed E-state index contributed by atoms with van der Waals surface area (Å²) in [6.45, 7) is 0. The van der Waals surface area contributed by atoms with E-state index in [9.17, 15) is 13.0 Å². The average Bonchev–Trinajstić information content (AvgIpc) is 2.15. The molecule has 0 atom stereocenters. The third-order valence-electron chi connectivity index (χ3n) is 2.02. The van der Waals surface area contributed by atoms with Gasteiger partial charge in [-0.15, -0.1) is 0 Å². The summed E-state index contributed by atoms with van der Waals surface area (Å²) < 4.78 is 32.7. The average molecular weight is 315 g/mol. The minimum atomic E-state index is -4.38. The fourth-order valence-electron chi connectivity index (χ4n) is 1.41. The maximum atomic E-state index is 10.9. The molecule has 0 heterocycles. The molecule has 0 saturated carbocycles. The summed E-state index contributed by atoms with van der Waals surface area (Å²) >= 11 is 0. The summed E-state index contributed by atoms with van der Waals surface area (Å²) in [5.74, 6) is 0. The molecule has 0 radical (unpaired) electrons. The van der Waals surface area contributed by atoms with Crippen molar-refractivity contribution in [1.29, 1.82) is 0 Å². The van der Waals surface area contributed by atoms with Gasteiger partial charge < -0.3 is 4.55 Å². The molecular weight excluding hydrogens is 308 g/mol. The van der Waals surface area contributed by atoms with E-state index in [4.69, 9.17) is 0 Å². The van der Waals surface area contributed by atoms with Gasteiger partial charge in [-0.05, 0) is 16.8 Å². The van der Waals surface area contributed by atoms with Crippen molar-refractivity contribution in [3.63, 3.8) is 0 Å². The largest absolute Gasteiger partial charge is 1.00 e. The maximum Gasteiger partial charge on any atom is 1.00 e. The molecule has 0 N–H and O–H groups in total. The van der Waals surface area contributed by atoms with E-state index < -0.39 is 10.1 Å². The molecule has 2 aromatic rings. The Balaban J connectivity index is 0.00000112. The van der Waals surface area contributed by atoms with Crippen molar-refractivity contribution in [1.82, 2.24) is 0 Å². The van der Waals surface area contributed by atoms with Crippen LogP contribution in [-0.4, -0.2) is 13.0 Å². The molecule has 0 aliphatic rings. The van der Waals surface area contributed by atoms with Gasteiger partial charge in [0, 0.05) is 0 Å². The Labute approximate surface area is 103 Å². The fourth-order valence-corrected chi connectivity index (χ4v) is 2.11. The zero-order valence-electron chi connectivity index (χ0n) is 7.48. The molecule has 2 aromatic carbocycles. The molecule has 5 heteroatoms. The summed E-state index contributed by atoms with van der Waals surface area (Å²) in [7, 11) is -4.38. The van der Waals surface area contributed by atoms with Crippen LogP contribution in [0.3, 0.4) is 0 Å². The minimum absolute atomic E-state index is 0. The van der Waals surface area contributed by atoms with Crippen LogP contribution in [0.4, 0.5) is 0 Å². The van der Waals surface area contributed by atoms with Crippen molar-refractivity contribution in [2.24, 2.45) is 0 Å². The summed E-state index contributed by atoms with van der Waals surface area (Å²) in [5, 5.41) is 1.23. The second kappa shape index (κ2) is 4.47. The summed E-state index contributed by atoms with van der Waals surface area (Å²) in [6.07, 6.45) is 0. The van der Waals surface area contributed by atoms with Crippen molar-refractivity contribution < 1.29 is 35.4 Å². The van der Waals surface area contributed by atoms with E-state index in [0.717, 1.165) is 5.39 Å². The van der Waals surface area contributed by atoms with E-state index in [-0.39, 0.29) is 27.3 Å². The van der Waals surface area contributed by atoms with Crippen LogP contribution in [0.5, 0.6) is 0 Å². The van der Waals surface area contributed by atoms with E-state index in [0.29, 0.717) is 5.39 Å². The predicted molar refractivity (Wildman–Crippen MR) is 51.9 cm³/mol. The van der Waals surface area contributed by atoms with Crippen LogP contribution in [0.2, 0.25) is 0 Å². The second-order valence-corrected chi connectivity index (χ2v) is 4.28. The Kier molecular flexibility index (Phi) is 3.70. The van der Waals surface area contributed by atoms with Crippen molar-refractivity contribution in [3.05, 3.63) is 42.5 Å². The van der Waals surface area contributed by atoms with Crippen LogP contribution >= 0.6 is 0 Å². The monoisotopic (exact) mass is 314 g/mol. The van der Waals surface area contributed by atoms with Gasteiger partial charge >= 0.3 is 22.4 Å². The first-order chi connectivity index (χ1) is 6.59. The smallest absolute Gasteiger partial charge is 0.744 e. The molecule has 3 nitrogen and oxygen atoms in total. The van der Waals surface area contributed by atoms with Crippen molar-refractivity contribution in [2.45, 2.75) is 4.90 Å². The minimum Gasteiger partial charge on any atom is -0.744 e. The molecule has 0 aliphatic carbocycles. The molecule has 0 fully saturated rings.